The summed E-state index contributed by atoms with van der Waals surface area (Å²) < 4.78 is 4.99. The number of nitrogens with two attached hydrogens (primary N) is 1. The molecule has 1 aromatic rings. The summed E-state index contributed by atoms with van der Waals surface area (Å²) in [5.41, 5.74) is 5.84. The molecule has 0 aliphatic carbocycles. The van der Waals surface area contributed by atoms with Crippen LogP contribution in [0.3, 0.4) is 0 Å². The Bertz CT molecular complexity index is 305. The summed E-state index contributed by atoms with van der Waals surface area (Å²) in [6.45, 7) is -0.0167. The topological polar surface area (TPSA) is 64.3 Å². The average molecular weight is 217 g/mol. The normalized spacial score (nSPS) is 8.71. The molecule has 0 spiro atoms. The van der Waals surface area contributed by atoms with Gasteiger partial charge in [-0.15, -0.1) is 12.4 Å². The van der Waals surface area contributed by atoms with E-state index in [4.69, 9.17) is 10.5 Å². The molecule has 4 nitrogen and oxygen atoms in total. The summed E-state index contributed by atoms with van der Waals surface area (Å²) in [6, 6.07) is 7.10. The van der Waals surface area contributed by atoms with Gasteiger partial charge in [-0.2, -0.15) is 0 Å². The van der Waals surface area contributed by atoms with E-state index in [9.17, 15) is 4.79 Å². The summed E-state index contributed by atoms with van der Waals surface area (Å²) in [5.74, 6) is 0.489. The first-order valence-electron chi connectivity index (χ1n) is 3.90. The van der Waals surface area contributed by atoms with Crippen molar-refractivity contribution in [3.8, 4) is 5.75 Å². The van der Waals surface area contributed by atoms with Gasteiger partial charge in [-0.25, -0.2) is 0 Å². The molecule has 0 heterocycles. The van der Waals surface area contributed by atoms with Gasteiger partial charge in [-0.1, -0.05) is 6.07 Å². The molecular formula is C9H13ClN2O2. The highest BCUT2D eigenvalue weighted by atomic mass is 35.5. The van der Waals surface area contributed by atoms with Gasteiger partial charge in [0, 0.05) is 11.8 Å². The first-order valence-corrected chi connectivity index (χ1v) is 3.90. The summed E-state index contributed by atoms with van der Waals surface area (Å²) in [6.07, 6.45) is 0. The number of rotatable bonds is 3. The summed E-state index contributed by atoms with van der Waals surface area (Å²) in [4.78, 5) is 10.9. The lowest BCUT2D eigenvalue weighted by Crippen LogP contribution is -2.21. The Kier molecular flexibility index (Phi) is 5.67. The van der Waals surface area contributed by atoms with Crippen LogP contribution in [0.5, 0.6) is 5.75 Å². The van der Waals surface area contributed by atoms with Gasteiger partial charge in [-0.05, 0) is 12.1 Å². The van der Waals surface area contributed by atoms with E-state index in [0.29, 0.717) is 11.4 Å². The number of amides is 1. The van der Waals surface area contributed by atoms with Crippen LogP contribution in [0.1, 0.15) is 0 Å². The molecule has 0 aliphatic rings. The largest absolute Gasteiger partial charge is 0.497 e. The van der Waals surface area contributed by atoms with Gasteiger partial charge in [0.15, 0.2) is 0 Å². The molecule has 0 saturated heterocycles. The van der Waals surface area contributed by atoms with Crippen molar-refractivity contribution >= 4 is 24.0 Å². The van der Waals surface area contributed by atoms with Gasteiger partial charge in [0.25, 0.3) is 0 Å². The van der Waals surface area contributed by atoms with Crippen molar-refractivity contribution in [3.05, 3.63) is 24.3 Å². The Morgan fingerprint density at radius 1 is 1.57 bits per heavy atom. The molecule has 0 fully saturated rings. The predicted octanol–water partition coefficient (Wildman–Crippen LogP) is 1.01. The first kappa shape index (κ1) is 12.7. The minimum atomic E-state index is -0.215. The molecule has 0 saturated carbocycles. The van der Waals surface area contributed by atoms with Crippen LogP contribution in [0.25, 0.3) is 0 Å². The van der Waals surface area contributed by atoms with Crippen LogP contribution >= 0.6 is 12.4 Å². The average Bonchev–Trinajstić information content (AvgIpc) is 2.18. The molecule has 0 aliphatic heterocycles. The molecule has 14 heavy (non-hydrogen) atoms. The summed E-state index contributed by atoms with van der Waals surface area (Å²) in [5, 5.41) is 2.62. The number of carbonyl (C=O) groups is 1. The molecule has 0 unspecified atom stereocenters. The second-order valence-electron chi connectivity index (χ2n) is 2.48. The Morgan fingerprint density at radius 2 is 2.29 bits per heavy atom. The van der Waals surface area contributed by atoms with Crippen molar-refractivity contribution in [3.63, 3.8) is 0 Å². The molecule has 3 N–H and O–H groups in total. The van der Waals surface area contributed by atoms with Crippen molar-refractivity contribution in [2.45, 2.75) is 0 Å². The van der Waals surface area contributed by atoms with E-state index in [1.54, 1.807) is 31.4 Å². The molecule has 0 bridgehead atoms. The Morgan fingerprint density at radius 3 is 2.86 bits per heavy atom. The third kappa shape index (κ3) is 3.64. The van der Waals surface area contributed by atoms with Crippen LogP contribution in [-0.4, -0.2) is 19.6 Å². The smallest absolute Gasteiger partial charge is 0.238 e. The number of halogens is 1. The van der Waals surface area contributed by atoms with Crippen LogP contribution in [-0.2, 0) is 4.79 Å². The minimum absolute atomic E-state index is 0. The molecule has 1 aromatic carbocycles. The van der Waals surface area contributed by atoms with Crippen LogP contribution in [0.2, 0.25) is 0 Å². The lowest BCUT2D eigenvalue weighted by atomic mass is 10.3. The molecule has 1 amide bonds. The summed E-state index contributed by atoms with van der Waals surface area (Å²) in [7, 11) is 1.57. The minimum Gasteiger partial charge on any atom is -0.497 e. The standard InChI is InChI=1S/C9H12N2O2.ClH/c1-13-8-4-2-3-7(5-8)11-9(12)6-10;/h2-5H,6,10H2,1H3,(H,11,12);1H. The van der Waals surface area contributed by atoms with Crippen molar-refractivity contribution in [1.29, 1.82) is 0 Å². The van der Waals surface area contributed by atoms with E-state index in [2.05, 4.69) is 5.32 Å². The van der Waals surface area contributed by atoms with E-state index in [1.165, 1.54) is 0 Å². The highest BCUT2D eigenvalue weighted by molar-refractivity contribution is 5.92. The van der Waals surface area contributed by atoms with E-state index in [0.717, 1.165) is 0 Å². The van der Waals surface area contributed by atoms with Crippen molar-refractivity contribution < 1.29 is 9.53 Å². The monoisotopic (exact) mass is 216 g/mol. The number of ether oxygens (including phenoxy) is 1. The molecular weight excluding hydrogens is 204 g/mol. The molecule has 5 heteroatoms. The maximum atomic E-state index is 10.9. The van der Waals surface area contributed by atoms with Gasteiger partial charge >= 0.3 is 0 Å². The molecule has 1 rings (SSSR count). The van der Waals surface area contributed by atoms with Crippen molar-refractivity contribution in [2.75, 3.05) is 19.0 Å². The van der Waals surface area contributed by atoms with Gasteiger partial charge in [0.2, 0.25) is 5.91 Å². The zero-order valence-electron chi connectivity index (χ0n) is 7.82. The van der Waals surface area contributed by atoms with Crippen molar-refractivity contribution in [2.24, 2.45) is 5.73 Å². The van der Waals surface area contributed by atoms with Gasteiger partial charge < -0.3 is 15.8 Å². The quantitative estimate of drug-likeness (QED) is 0.793. The van der Waals surface area contributed by atoms with Crippen molar-refractivity contribution in [1.82, 2.24) is 0 Å². The first-order chi connectivity index (χ1) is 6.26. The van der Waals surface area contributed by atoms with E-state index < -0.39 is 0 Å². The highest BCUT2D eigenvalue weighted by Gasteiger charge is 1.99. The van der Waals surface area contributed by atoms with Crippen LogP contribution < -0.4 is 15.8 Å². The van der Waals surface area contributed by atoms with E-state index in [-0.39, 0.29) is 24.9 Å². The number of hydrogen-bond donors (Lipinski definition) is 2. The maximum Gasteiger partial charge on any atom is 0.238 e. The van der Waals surface area contributed by atoms with Crippen LogP contribution in [0.15, 0.2) is 24.3 Å². The number of methoxy groups -OCH3 is 1. The van der Waals surface area contributed by atoms with Crippen LogP contribution in [0.4, 0.5) is 5.69 Å². The Labute approximate surface area is 88.8 Å². The third-order valence-corrected chi connectivity index (χ3v) is 1.54. The second-order valence-corrected chi connectivity index (χ2v) is 2.48. The number of nitrogens with one attached hydrogen (secondary N) is 1. The molecule has 78 valence electrons. The second kappa shape index (κ2) is 6.23. The number of hydrogen-bond acceptors (Lipinski definition) is 3. The van der Waals surface area contributed by atoms with E-state index >= 15 is 0 Å². The predicted molar refractivity (Wildman–Crippen MR) is 57.9 cm³/mol. The third-order valence-electron chi connectivity index (χ3n) is 1.54. The van der Waals surface area contributed by atoms with E-state index in [1.807, 2.05) is 0 Å². The SMILES string of the molecule is COc1cccc(NC(=O)CN)c1.Cl. The van der Waals surface area contributed by atoms with Crippen LogP contribution in [0, 0.1) is 0 Å². The zero-order valence-corrected chi connectivity index (χ0v) is 8.64. The highest BCUT2D eigenvalue weighted by Crippen LogP contribution is 2.16. The number of carbonyl (C=O) groups excluding carboxylic acids is 1. The number of anilines is 1. The maximum absolute atomic E-state index is 10.9. The fourth-order valence-corrected chi connectivity index (χ4v) is 0.913. The molecule has 0 radical (unpaired) electrons. The fraction of sp³-hybridized carbons (Fsp3) is 0.222. The molecule has 0 aromatic heterocycles. The Balaban J connectivity index is 0.00000169. The molecule has 0 atom stereocenters. The Hall–Kier alpha value is -1.26. The number of benzene rings is 1. The summed E-state index contributed by atoms with van der Waals surface area (Å²) >= 11 is 0. The van der Waals surface area contributed by atoms with Gasteiger partial charge in [-0.3, -0.25) is 4.79 Å². The van der Waals surface area contributed by atoms with Gasteiger partial charge in [0.1, 0.15) is 5.75 Å². The lowest BCUT2D eigenvalue weighted by Gasteiger charge is -2.04. The fourth-order valence-electron chi connectivity index (χ4n) is 0.913. The zero-order chi connectivity index (χ0) is 9.68. The lowest BCUT2D eigenvalue weighted by molar-refractivity contribution is -0.114. The van der Waals surface area contributed by atoms with Gasteiger partial charge in [0.05, 0.1) is 13.7 Å².